The summed E-state index contributed by atoms with van der Waals surface area (Å²) in [5.74, 6) is 0.844. The van der Waals surface area contributed by atoms with Crippen molar-refractivity contribution in [2.24, 2.45) is 0 Å². The molecule has 1 aromatic heterocycles. The number of likely N-dealkylation sites (tertiary alicyclic amines) is 1. The summed E-state index contributed by atoms with van der Waals surface area (Å²) < 4.78 is 5.76. The molecule has 2 aromatic rings. The fourth-order valence-corrected chi connectivity index (χ4v) is 4.73. The average molecular weight is 392 g/mol. The molecule has 2 unspecified atom stereocenters. The van der Waals surface area contributed by atoms with Gasteiger partial charge >= 0.3 is 0 Å². The number of nitrogens with zero attached hydrogens (tertiary/aromatic N) is 2. The molecule has 2 aliphatic heterocycles. The third-order valence-corrected chi connectivity index (χ3v) is 6.39. The summed E-state index contributed by atoms with van der Waals surface area (Å²) in [4.78, 5) is 20.2. The van der Waals surface area contributed by atoms with Crippen LogP contribution in [-0.4, -0.2) is 41.0 Å². The van der Waals surface area contributed by atoms with Gasteiger partial charge in [-0.15, -0.1) is 11.3 Å². The first-order valence-electron chi connectivity index (χ1n) is 8.98. The van der Waals surface area contributed by atoms with Gasteiger partial charge in [0.05, 0.1) is 5.69 Å². The maximum Gasteiger partial charge on any atom is 0.265 e. The quantitative estimate of drug-likeness (QED) is 0.864. The van der Waals surface area contributed by atoms with Crippen molar-refractivity contribution in [3.63, 3.8) is 0 Å². The van der Waals surface area contributed by atoms with Crippen LogP contribution in [-0.2, 0) is 6.61 Å². The first-order chi connectivity index (χ1) is 12.6. The van der Waals surface area contributed by atoms with E-state index in [-0.39, 0.29) is 5.91 Å². The first kappa shape index (κ1) is 17.8. The van der Waals surface area contributed by atoms with Crippen molar-refractivity contribution in [2.45, 2.75) is 44.9 Å². The Morgan fingerprint density at radius 3 is 2.88 bits per heavy atom. The van der Waals surface area contributed by atoms with Crippen LogP contribution in [0.25, 0.3) is 0 Å². The van der Waals surface area contributed by atoms with Crippen molar-refractivity contribution < 1.29 is 9.53 Å². The van der Waals surface area contributed by atoms with Crippen molar-refractivity contribution in [1.29, 1.82) is 0 Å². The summed E-state index contributed by atoms with van der Waals surface area (Å²) in [6.45, 7) is 3.87. The van der Waals surface area contributed by atoms with Crippen LogP contribution in [0.2, 0.25) is 5.02 Å². The van der Waals surface area contributed by atoms with Crippen LogP contribution in [0.4, 0.5) is 0 Å². The molecule has 1 aromatic carbocycles. The van der Waals surface area contributed by atoms with Crippen molar-refractivity contribution in [2.75, 3.05) is 13.1 Å². The zero-order valence-corrected chi connectivity index (χ0v) is 16.3. The molecule has 2 saturated heterocycles. The number of carbonyl (C=O) groups is 1. The Kier molecular flexibility index (Phi) is 5.16. The van der Waals surface area contributed by atoms with Gasteiger partial charge in [-0.1, -0.05) is 11.6 Å². The Balaban J connectivity index is 1.42. The molecule has 2 aliphatic rings. The van der Waals surface area contributed by atoms with Crippen LogP contribution < -0.4 is 10.1 Å². The van der Waals surface area contributed by atoms with E-state index in [0.717, 1.165) is 47.3 Å². The van der Waals surface area contributed by atoms with Gasteiger partial charge in [-0.05, 0) is 50.5 Å². The summed E-state index contributed by atoms with van der Waals surface area (Å²) in [5, 5.41) is 5.11. The van der Waals surface area contributed by atoms with Gasteiger partial charge in [0.15, 0.2) is 0 Å². The number of nitrogens with one attached hydrogen (secondary N) is 1. The fourth-order valence-electron chi connectivity index (χ4n) is 3.66. The van der Waals surface area contributed by atoms with Crippen LogP contribution >= 0.6 is 22.9 Å². The lowest BCUT2D eigenvalue weighted by molar-refractivity contribution is 0.0752. The minimum atomic E-state index is 0.104. The number of rotatable bonds is 4. The van der Waals surface area contributed by atoms with Gasteiger partial charge in [-0.3, -0.25) is 4.79 Å². The maximum absolute atomic E-state index is 13.0. The van der Waals surface area contributed by atoms with Gasteiger partial charge in [0.2, 0.25) is 0 Å². The summed E-state index contributed by atoms with van der Waals surface area (Å²) in [7, 11) is 0. The van der Waals surface area contributed by atoms with Gasteiger partial charge < -0.3 is 15.0 Å². The van der Waals surface area contributed by atoms with Crippen LogP contribution in [0.15, 0.2) is 24.3 Å². The Hall–Kier alpha value is -1.63. The molecular weight excluding hydrogens is 370 g/mol. The number of ether oxygens (including phenoxy) is 1. The molecule has 5 nitrogen and oxygen atoms in total. The number of carbonyl (C=O) groups excluding carboxylic acids is 1. The molecule has 0 aliphatic carbocycles. The lowest BCUT2D eigenvalue weighted by atomic mass is 10.1. The predicted octanol–water partition coefficient (Wildman–Crippen LogP) is 3.65. The second kappa shape index (κ2) is 7.55. The number of thiazole rings is 1. The molecule has 1 N–H and O–H groups in total. The minimum absolute atomic E-state index is 0.104. The Morgan fingerprint density at radius 2 is 2.08 bits per heavy atom. The highest BCUT2D eigenvalue weighted by Gasteiger charge is 2.32. The summed E-state index contributed by atoms with van der Waals surface area (Å²) in [6, 6.07) is 8.25. The molecule has 0 saturated carbocycles. The molecule has 7 heteroatoms. The molecule has 0 radical (unpaired) electrons. The Morgan fingerprint density at radius 1 is 1.31 bits per heavy atom. The van der Waals surface area contributed by atoms with Gasteiger partial charge in [-0.25, -0.2) is 4.98 Å². The number of halogens is 1. The van der Waals surface area contributed by atoms with Crippen LogP contribution in [0, 0.1) is 6.92 Å². The number of hydrogen-bond donors (Lipinski definition) is 1. The Labute approximate surface area is 162 Å². The molecule has 4 rings (SSSR count). The summed E-state index contributed by atoms with van der Waals surface area (Å²) in [6.07, 6.45) is 3.43. The molecule has 3 heterocycles. The molecule has 138 valence electrons. The highest BCUT2D eigenvalue weighted by molar-refractivity contribution is 7.13. The highest BCUT2D eigenvalue weighted by atomic mass is 35.5. The standard InChI is InChI=1S/C19H22ClN3O2S/c1-12-18(19(24)23-9-8-14-4-5-15(10-23)22-14)26-17(21-12)11-25-16-6-2-13(20)3-7-16/h2-3,6-7,14-15,22H,4-5,8-11H2,1H3. The number of aryl methyl sites for hydroxylation is 1. The number of fused-ring (bicyclic) bond motifs is 2. The second-order valence-corrected chi connectivity index (χ2v) is 8.46. The lowest BCUT2D eigenvalue weighted by Crippen LogP contribution is -2.39. The van der Waals surface area contributed by atoms with Crippen LogP contribution in [0.3, 0.4) is 0 Å². The van der Waals surface area contributed by atoms with Crippen LogP contribution in [0.1, 0.15) is 39.6 Å². The van der Waals surface area contributed by atoms with E-state index in [2.05, 4.69) is 10.3 Å². The molecule has 2 bridgehead atoms. The fraction of sp³-hybridized carbons (Fsp3) is 0.474. The topological polar surface area (TPSA) is 54.5 Å². The average Bonchev–Trinajstić information content (AvgIpc) is 3.15. The van der Waals surface area contributed by atoms with E-state index in [4.69, 9.17) is 16.3 Å². The van der Waals surface area contributed by atoms with E-state index in [9.17, 15) is 4.79 Å². The predicted molar refractivity (Wildman–Crippen MR) is 103 cm³/mol. The van der Waals surface area contributed by atoms with Crippen molar-refractivity contribution in [3.8, 4) is 5.75 Å². The lowest BCUT2D eigenvalue weighted by Gasteiger charge is -2.23. The maximum atomic E-state index is 13.0. The first-order valence-corrected chi connectivity index (χ1v) is 10.2. The SMILES string of the molecule is Cc1nc(COc2ccc(Cl)cc2)sc1C(=O)N1CCC2CCC(C1)N2. The third kappa shape index (κ3) is 3.87. The van der Waals surface area contributed by atoms with E-state index in [1.807, 2.05) is 24.0 Å². The number of aromatic nitrogens is 1. The van der Waals surface area contributed by atoms with Crippen LogP contribution in [0.5, 0.6) is 5.75 Å². The Bertz CT molecular complexity index is 793. The van der Waals surface area contributed by atoms with Gasteiger partial charge in [0.25, 0.3) is 5.91 Å². The van der Waals surface area contributed by atoms with Gasteiger partial charge in [-0.2, -0.15) is 0 Å². The molecule has 0 spiro atoms. The third-order valence-electron chi connectivity index (χ3n) is 5.02. The minimum Gasteiger partial charge on any atom is -0.486 e. The zero-order chi connectivity index (χ0) is 18.1. The van der Waals surface area contributed by atoms with E-state index in [0.29, 0.717) is 23.7 Å². The largest absolute Gasteiger partial charge is 0.486 e. The second-order valence-electron chi connectivity index (χ2n) is 6.94. The number of hydrogen-bond acceptors (Lipinski definition) is 5. The van der Waals surface area contributed by atoms with Gasteiger partial charge in [0.1, 0.15) is 22.2 Å². The van der Waals surface area contributed by atoms with E-state index in [1.54, 1.807) is 12.1 Å². The molecule has 26 heavy (non-hydrogen) atoms. The van der Waals surface area contributed by atoms with Crippen molar-refractivity contribution in [1.82, 2.24) is 15.2 Å². The van der Waals surface area contributed by atoms with E-state index < -0.39 is 0 Å². The summed E-state index contributed by atoms with van der Waals surface area (Å²) in [5.41, 5.74) is 0.789. The molecule has 2 atom stereocenters. The molecular formula is C19H22ClN3O2S. The van der Waals surface area contributed by atoms with Crippen molar-refractivity contribution >= 4 is 28.8 Å². The number of benzene rings is 1. The smallest absolute Gasteiger partial charge is 0.265 e. The molecule has 2 fully saturated rings. The normalized spacial score (nSPS) is 22.3. The van der Waals surface area contributed by atoms with E-state index in [1.165, 1.54) is 17.8 Å². The zero-order valence-electron chi connectivity index (χ0n) is 14.7. The van der Waals surface area contributed by atoms with E-state index >= 15 is 0 Å². The monoisotopic (exact) mass is 391 g/mol. The number of amides is 1. The summed E-state index contributed by atoms with van der Waals surface area (Å²) >= 11 is 7.32. The molecule has 1 amide bonds. The van der Waals surface area contributed by atoms with Crippen molar-refractivity contribution in [3.05, 3.63) is 44.9 Å². The van der Waals surface area contributed by atoms with Gasteiger partial charge in [0, 0.05) is 30.2 Å². The highest BCUT2D eigenvalue weighted by Crippen LogP contribution is 2.26.